The van der Waals surface area contributed by atoms with Gasteiger partial charge in [-0.3, -0.25) is 4.79 Å². The van der Waals surface area contributed by atoms with Crippen molar-refractivity contribution >= 4 is 22.8 Å². The van der Waals surface area contributed by atoms with Crippen LogP contribution < -0.4 is 15.4 Å². The number of hydrogen-bond acceptors (Lipinski definition) is 3. The smallest absolute Gasteiger partial charge is 0.243 e. The largest absolute Gasteiger partial charge is 0.497 e. The van der Waals surface area contributed by atoms with Gasteiger partial charge in [0.2, 0.25) is 5.91 Å². The Morgan fingerprint density at radius 3 is 2.50 bits per heavy atom. The number of carbonyl (C=O) groups excluding carboxylic acids is 1. The van der Waals surface area contributed by atoms with E-state index in [9.17, 15) is 9.18 Å². The molecule has 3 rings (SSSR count). The average molecular weight is 440 g/mol. The maximum Gasteiger partial charge on any atom is 0.243 e. The van der Waals surface area contributed by atoms with Crippen LogP contribution in [0.1, 0.15) is 11.1 Å². The fraction of sp³-hybridized carbons (Fsp3) is 0.333. The number of carbonyl (C=O) groups is 1. The molecule has 0 aliphatic carbocycles. The van der Waals surface area contributed by atoms with Gasteiger partial charge in [-0.2, -0.15) is 0 Å². The summed E-state index contributed by atoms with van der Waals surface area (Å²) in [6.45, 7) is 1.35. The molecule has 0 aliphatic heterocycles. The highest BCUT2D eigenvalue weighted by molar-refractivity contribution is 5.85. The second-order valence-corrected chi connectivity index (χ2v) is 7.66. The van der Waals surface area contributed by atoms with Crippen molar-refractivity contribution in [2.45, 2.75) is 12.8 Å². The Bertz CT molecular complexity index is 1060. The van der Waals surface area contributed by atoms with Gasteiger partial charge in [0.25, 0.3) is 0 Å². The Balaban J connectivity index is 1.57. The molecule has 0 aliphatic rings. The van der Waals surface area contributed by atoms with Crippen LogP contribution in [0.25, 0.3) is 10.9 Å². The van der Waals surface area contributed by atoms with E-state index in [1.165, 1.54) is 22.6 Å². The molecule has 0 saturated heterocycles. The summed E-state index contributed by atoms with van der Waals surface area (Å²) in [7, 11) is 5.07. The van der Waals surface area contributed by atoms with E-state index in [1.807, 2.05) is 30.5 Å². The minimum atomic E-state index is -0.259. The molecular formula is C24H30FN5O2. The highest BCUT2D eigenvalue weighted by Crippen LogP contribution is 2.19. The van der Waals surface area contributed by atoms with Gasteiger partial charge in [-0.05, 0) is 54.3 Å². The predicted octanol–water partition coefficient (Wildman–Crippen LogP) is 2.72. The number of H-pyrrole nitrogens is 1. The molecule has 1 heterocycles. The van der Waals surface area contributed by atoms with E-state index < -0.39 is 0 Å². The Kier molecular flexibility index (Phi) is 8.08. The van der Waals surface area contributed by atoms with Crippen LogP contribution >= 0.6 is 0 Å². The number of rotatable bonds is 9. The minimum absolute atomic E-state index is 0.0667. The molecule has 0 unspecified atom stereocenters. The zero-order valence-electron chi connectivity index (χ0n) is 18.7. The van der Waals surface area contributed by atoms with E-state index in [1.54, 1.807) is 27.3 Å². The first kappa shape index (κ1) is 23.1. The van der Waals surface area contributed by atoms with Gasteiger partial charge >= 0.3 is 0 Å². The third-order valence-electron chi connectivity index (χ3n) is 5.15. The fourth-order valence-corrected chi connectivity index (χ4v) is 3.26. The lowest BCUT2D eigenvalue weighted by molar-refractivity contribution is -0.127. The number of aromatic nitrogens is 1. The number of benzene rings is 2. The second-order valence-electron chi connectivity index (χ2n) is 7.66. The van der Waals surface area contributed by atoms with E-state index in [0.717, 1.165) is 35.1 Å². The molecule has 2 aromatic carbocycles. The third-order valence-corrected chi connectivity index (χ3v) is 5.15. The lowest BCUT2D eigenvalue weighted by atomic mass is 10.1. The van der Waals surface area contributed by atoms with Crippen molar-refractivity contribution in [1.29, 1.82) is 0 Å². The van der Waals surface area contributed by atoms with Crippen LogP contribution in [0.2, 0.25) is 0 Å². The van der Waals surface area contributed by atoms with Crippen molar-refractivity contribution in [2.24, 2.45) is 4.99 Å². The average Bonchev–Trinajstić information content (AvgIpc) is 3.19. The van der Waals surface area contributed by atoms with Crippen molar-refractivity contribution < 1.29 is 13.9 Å². The van der Waals surface area contributed by atoms with E-state index in [-0.39, 0.29) is 18.3 Å². The number of hydrogen-bond donors (Lipinski definition) is 3. The predicted molar refractivity (Wildman–Crippen MR) is 126 cm³/mol. The highest BCUT2D eigenvalue weighted by atomic mass is 19.1. The third kappa shape index (κ3) is 6.47. The van der Waals surface area contributed by atoms with Crippen molar-refractivity contribution in [3.63, 3.8) is 0 Å². The molecule has 0 saturated carbocycles. The summed E-state index contributed by atoms with van der Waals surface area (Å²) >= 11 is 0. The van der Waals surface area contributed by atoms with Gasteiger partial charge in [0, 0.05) is 44.3 Å². The van der Waals surface area contributed by atoms with E-state index in [0.29, 0.717) is 19.0 Å². The Morgan fingerprint density at radius 1 is 1.09 bits per heavy atom. The van der Waals surface area contributed by atoms with Crippen LogP contribution in [0.15, 0.2) is 53.7 Å². The topological polar surface area (TPSA) is 81.8 Å². The fourth-order valence-electron chi connectivity index (χ4n) is 3.26. The summed E-state index contributed by atoms with van der Waals surface area (Å²) in [4.78, 5) is 21.0. The van der Waals surface area contributed by atoms with Crippen LogP contribution in [-0.4, -0.2) is 62.6 Å². The number of halogens is 1. The van der Waals surface area contributed by atoms with E-state index >= 15 is 0 Å². The maximum absolute atomic E-state index is 13.4. The quantitative estimate of drug-likeness (QED) is 0.354. The summed E-state index contributed by atoms with van der Waals surface area (Å²) in [5, 5.41) is 7.59. The van der Waals surface area contributed by atoms with E-state index in [2.05, 4.69) is 20.6 Å². The van der Waals surface area contributed by atoms with Crippen LogP contribution in [0.3, 0.4) is 0 Å². The number of aliphatic imine (C=N–C) groups is 1. The van der Waals surface area contributed by atoms with Gasteiger partial charge in [-0.15, -0.1) is 0 Å². The summed E-state index contributed by atoms with van der Waals surface area (Å²) in [6.07, 6.45) is 3.43. The molecule has 8 heteroatoms. The van der Waals surface area contributed by atoms with Crippen LogP contribution in [0, 0.1) is 5.82 Å². The number of aromatic amines is 1. The number of ether oxygens (including phenoxy) is 1. The molecule has 7 nitrogen and oxygen atoms in total. The summed E-state index contributed by atoms with van der Waals surface area (Å²) < 4.78 is 18.6. The van der Waals surface area contributed by atoms with Crippen molar-refractivity contribution in [2.75, 3.05) is 40.8 Å². The van der Waals surface area contributed by atoms with Gasteiger partial charge < -0.3 is 25.3 Å². The molecule has 32 heavy (non-hydrogen) atoms. The van der Waals surface area contributed by atoms with Crippen LogP contribution in [-0.2, 0) is 17.6 Å². The van der Waals surface area contributed by atoms with Crippen LogP contribution in [0.4, 0.5) is 4.39 Å². The summed E-state index contributed by atoms with van der Waals surface area (Å²) in [6, 6.07) is 12.7. The Hall–Kier alpha value is -3.55. The lowest BCUT2D eigenvalue weighted by Gasteiger charge is -2.14. The number of likely N-dealkylation sites (N-methyl/N-ethyl adjacent to an activating group) is 1. The molecule has 0 spiro atoms. The Morgan fingerprint density at radius 2 is 1.81 bits per heavy atom. The monoisotopic (exact) mass is 439 g/mol. The molecule has 1 amide bonds. The number of amides is 1. The zero-order chi connectivity index (χ0) is 22.9. The molecule has 0 bridgehead atoms. The molecule has 0 radical (unpaired) electrons. The molecular weight excluding hydrogens is 409 g/mol. The molecule has 3 N–H and O–H groups in total. The minimum Gasteiger partial charge on any atom is -0.497 e. The van der Waals surface area contributed by atoms with Gasteiger partial charge in [-0.1, -0.05) is 12.1 Å². The first-order chi connectivity index (χ1) is 15.5. The van der Waals surface area contributed by atoms with Crippen molar-refractivity contribution in [3.05, 3.63) is 65.6 Å². The molecule has 170 valence electrons. The van der Waals surface area contributed by atoms with Gasteiger partial charge in [0.15, 0.2) is 5.96 Å². The number of methoxy groups -OCH3 is 1. The maximum atomic E-state index is 13.4. The first-order valence-electron chi connectivity index (χ1n) is 10.6. The SMILES string of the molecule is COc1ccc(CCNC(=NCC(=O)N(C)C)NCCc2c[nH]c3cc(F)ccc23)cc1. The standard InChI is InChI=1S/C24H30FN5O2/c1-30(2)23(31)16-29-24(26-12-10-17-4-7-20(32-3)8-5-17)27-13-11-18-15-28-22-14-19(25)6-9-21(18)22/h4-9,14-15,28H,10-13,16H2,1-3H3,(H2,26,27,29). The van der Waals surface area contributed by atoms with Crippen molar-refractivity contribution in [1.82, 2.24) is 20.5 Å². The lowest BCUT2D eigenvalue weighted by Crippen LogP contribution is -2.40. The first-order valence-corrected chi connectivity index (χ1v) is 10.6. The van der Waals surface area contributed by atoms with E-state index in [4.69, 9.17) is 4.74 Å². The summed E-state index contributed by atoms with van der Waals surface area (Å²) in [5.41, 5.74) is 3.05. The van der Waals surface area contributed by atoms with Gasteiger partial charge in [-0.25, -0.2) is 9.38 Å². The molecule has 0 atom stereocenters. The molecule has 3 aromatic rings. The number of nitrogens with zero attached hydrogens (tertiary/aromatic N) is 2. The van der Waals surface area contributed by atoms with Crippen molar-refractivity contribution in [3.8, 4) is 5.75 Å². The summed E-state index contributed by atoms with van der Waals surface area (Å²) in [5.74, 6) is 1.08. The number of guanidine groups is 1. The highest BCUT2D eigenvalue weighted by Gasteiger charge is 2.07. The molecule has 1 aromatic heterocycles. The number of fused-ring (bicyclic) bond motifs is 1. The number of nitrogens with one attached hydrogen (secondary N) is 3. The zero-order valence-corrected chi connectivity index (χ0v) is 18.7. The van der Waals surface area contributed by atoms with Gasteiger partial charge in [0.1, 0.15) is 18.1 Å². The second kappa shape index (κ2) is 11.2. The van der Waals surface area contributed by atoms with Gasteiger partial charge in [0.05, 0.1) is 7.11 Å². The Labute approximate surface area is 187 Å². The molecule has 0 fully saturated rings. The van der Waals surface area contributed by atoms with Crippen LogP contribution in [0.5, 0.6) is 5.75 Å². The normalized spacial score (nSPS) is 11.4.